The van der Waals surface area contributed by atoms with Gasteiger partial charge in [-0.05, 0) is 43.4 Å². The molecule has 0 radical (unpaired) electrons. The fourth-order valence-electron chi connectivity index (χ4n) is 2.60. The van der Waals surface area contributed by atoms with E-state index in [4.69, 9.17) is 5.73 Å². The standard InChI is InChI=1S/C14H21BrN2/c1-10-3-4-11(2)17(9-10)14-7-13(15)6-5-12(14)8-16/h5-7,10-11H,3-4,8-9,16H2,1-2H3. The fraction of sp³-hybridized carbons (Fsp3) is 0.571. The maximum Gasteiger partial charge on any atom is 0.0425 e. The van der Waals surface area contributed by atoms with Crippen molar-refractivity contribution in [3.63, 3.8) is 0 Å². The summed E-state index contributed by atoms with van der Waals surface area (Å²) in [6.07, 6.45) is 2.61. The lowest BCUT2D eigenvalue weighted by Gasteiger charge is -2.39. The molecule has 1 heterocycles. The summed E-state index contributed by atoms with van der Waals surface area (Å²) in [4.78, 5) is 2.52. The quantitative estimate of drug-likeness (QED) is 0.905. The molecule has 1 aliphatic rings. The fourth-order valence-corrected chi connectivity index (χ4v) is 2.95. The Labute approximate surface area is 112 Å². The van der Waals surface area contributed by atoms with Crippen LogP contribution in [0.25, 0.3) is 0 Å². The number of nitrogens with zero attached hydrogens (tertiary/aromatic N) is 1. The van der Waals surface area contributed by atoms with Crippen molar-refractivity contribution in [2.75, 3.05) is 11.4 Å². The second-order valence-electron chi connectivity index (χ2n) is 5.16. The molecule has 0 aliphatic carbocycles. The first-order valence-corrected chi connectivity index (χ1v) is 7.16. The molecule has 2 atom stereocenters. The Morgan fingerprint density at radius 3 is 2.82 bits per heavy atom. The second kappa shape index (κ2) is 5.40. The molecule has 1 aliphatic heterocycles. The Balaban J connectivity index is 2.33. The van der Waals surface area contributed by atoms with Gasteiger partial charge in [0.15, 0.2) is 0 Å². The minimum Gasteiger partial charge on any atom is -0.368 e. The SMILES string of the molecule is CC1CCC(C)N(c2cc(Br)ccc2CN)C1. The average Bonchev–Trinajstić information content (AvgIpc) is 2.32. The third-order valence-electron chi connectivity index (χ3n) is 3.69. The summed E-state index contributed by atoms with van der Waals surface area (Å²) in [5.74, 6) is 0.774. The topological polar surface area (TPSA) is 29.3 Å². The molecule has 0 saturated carbocycles. The average molecular weight is 297 g/mol. The molecule has 17 heavy (non-hydrogen) atoms. The molecule has 1 saturated heterocycles. The smallest absolute Gasteiger partial charge is 0.0425 e. The van der Waals surface area contributed by atoms with E-state index in [0.29, 0.717) is 12.6 Å². The van der Waals surface area contributed by atoms with Gasteiger partial charge in [0.2, 0.25) is 0 Å². The molecule has 1 fully saturated rings. The van der Waals surface area contributed by atoms with Gasteiger partial charge in [-0.1, -0.05) is 28.9 Å². The van der Waals surface area contributed by atoms with E-state index in [1.54, 1.807) is 0 Å². The van der Waals surface area contributed by atoms with Gasteiger partial charge >= 0.3 is 0 Å². The summed E-state index contributed by atoms with van der Waals surface area (Å²) in [5, 5.41) is 0. The van der Waals surface area contributed by atoms with Gasteiger partial charge in [-0.3, -0.25) is 0 Å². The Hall–Kier alpha value is -0.540. The first kappa shape index (κ1) is 12.9. The highest BCUT2D eigenvalue weighted by Crippen LogP contribution is 2.31. The van der Waals surface area contributed by atoms with Crippen LogP contribution in [-0.2, 0) is 6.54 Å². The summed E-state index contributed by atoms with van der Waals surface area (Å²) in [7, 11) is 0. The van der Waals surface area contributed by atoms with Crippen LogP contribution in [0.5, 0.6) is 0 Å². The van der Waals surface area contributed by atoms with E-state index >= 15 is 0 Å². The first-order chi connectivity index (χ1) is 8.11. The molecule has 94 valence electrons. The van der Waals surface area contributed by atoms with E-state index in [1.807, 2.05) is 0 Å². The molecule has 0 amide bonds. The number of nitrogens with two attached hydrogens (primary N) is 1. The van der Waals surface area contributed by atoms with Crippen LogP contribution in [0.15, 0.2) is 22.7 Å². The van der Waals surface area contributed by atoms with Crippen molar-refractivity contribution >= 4 is 21.6 Å². The van der Waals surface area contributed by atoms with Crippen molar-refractivity contribution < 1.29 is 0 Å². The van der Waals surface area contributed by atoms with Gasteiger partial charge in [0.05, 0.1) is 0 Å². The number of halogens is 1. The summed E-state index contributed by atoms with van der Waals surface area (Å²) in [5.41, 5.74) is 8.40. The predicted molar refractivity (Wildman–Crippen MR) is 77.2 cm³/mol. The molecule has 1 aromatic rings. The lowest BCUT2D eigenvalue weighted by Crippen LogP contribution is -2.41. The van der Waals surface area contributed by atoms with E-state index in [2.05, 4.69) is 52.9 Å². The zero-order valence-electron chi connectivity index (χ0n) is 10.6. The van der Waals surface area contributed by atoms with Crippen LogP contribution in [0, 0.1) is 5.92 Å². The third-order valence-corrected chi connectivity index (χ3v) is 4.19. The molecule has 2 unspecified atom stereocenters. The van der Waals surface area contributed by atoms with Crippen LogP contribution in [0.2, 0.25) is 0 Å². The summed E-state index contributed by atoms with van der Waals surface area (Å²) >= 11 is 3.56. The Morgan fingerprint density at radius 2 is 2.12 bits per heavy atom. The number of piperidine rings is 1. The largest absolute Gasteiger partial charge is 0.368 e. The number of anilines is 1. The van der Waals surface area contributed by atoms with Crippen LogP contribution < -0.4 is 10.6 Å². The van der Waals surface area contributed by atoms with Crippen LogP contribution in [-0.4, -0.2) is 12.6 Å². The predicted octanol–water partition coefficient (Wildman–Crippen LogP) is 3.53. The van der Waals surface area contributed by atoms with Crippen molar-refractivity contribution in [1.82, 2.24) is 0 Å². The highest BCUT2D eigenvalue weighted by atomic mass is 79.9. The van der Waals surface area contributed by atoms with Crippen LogP contribution in [0.3, 0.4) is 0 Å². The van der Waals surface area contributed by atoms with E-state index < -0.39 is 0 Å². The van der Waals surface area contributed by atoms with E-state index in [9.17, 15) is 0 Å². The maximum absolute atomic E-state index is 5.85. The number of hydrogen-bond acceptors (Lipinski definition) is 2. The van der Waals surface area contributed by atoms with Gasteiger partial charge in [-0.15, -0.1) is 0 Å². The number of benzene rings is 1. The van der Waals surface area contributed by atoms with Crippen molar-refractivity contribution in [3.8, 4) is 0 Å². The van der Waals surface area contributed by atoms with Crippen molar-refractivity contribution in [3.05, 3.63) is 28.2 Å². The molecule has 0 aromatic heterocycles. The van der Waals surface area contributed by atoms with Crippen LogP contribution in [0.1, 0.15) is 32.3 Å². The van der Waals surface area contributed by atoms with Crippen LogP contribution >= 0.6 is 15.9 Å². The third kappa shape index (κ3) is 2.83. The molecular formula is C14H21BrN2. The monoisotopic (exact) mass is 296 g/mol. The highest BCUT2D eigenvalue weighted by Gasteiger charge is 2.24. The van der Waals surface area contributed by atoms with Gasteiger partial charge in [0.1, 0.15) is 0 Å². The van der Waals surface area contributed by atoms with Crippen molar-refractivity contribution in [2.45, 2.75) is 39.3 Å². The minimum atomic E-state index is 0.611. The minimum absolute atomic E-state index is 0.611. The zero-order valence-corrected chi connectivity index (χ0v) is 12.2. The van der Waals surface area contributed by atoms with Gasteiger partial charge in [0, 0.05) is 29.3 Å². The molecule has 0 bridgehead atoms. The maximum atomic E-state index is 5.85. The zero-order chi connectivity index (χ0) is 12.4. The van der Waals surface area contributed by atoms with Crippen molar-refractivity contribution in [2.24, 2.45) is 11.7 Å². The Bertz CT molecular complexity index is 392. The molecule has 0 spiro atoms. The Morgan fingerprint density at radius 1 is 1.35 bits per heavy atom. The molecule has 2 rings (SSSR count). The molecule has 2 N–H and O–H groups in total. The number of rotatable bonds is 2. The van der Waals surface area contributed by atoms with Gasteiger partial charge < -0.3 is 10.6 Å². The van der Waals surface area contributed by atoms with E-state index in [-0.39, 0.29) is 0 Å². The first-order valence-electron chi connectivity index (χ1n) is 6.37. The van der Waals surface area contributed by atoms with Crippen LogP contribution in [0.4, 0.5) is 5.69 Å². The van der Waals surface area contributed by atoms with Crippen molar-refractivity contribution in [1.29, 1.82) is 0 Å². The molecule has 3 heteroatoms. The second-order valence-corrected chi connectivity index (χ2v) is 6.08. The van der Waals surface area contributed by atoms with Gasteiger partial charge in [-0.25, -0.2) is 0 Å². The lowest BCUT2D eigenvalue weighted by atomic mass is 9.94. The van der Waals surface area contributed by atoms with Gasteiger partial charge in [-0.2, -0.15) is 0 Å². The number of hydrogen-bond donors (Lipinski definition) is 1. The highest BCUT2D eigenvalue weighted by molar-refractivity contribution is 9.10. The van der Waals surface area contributed by atoms with E-state index in [1.165, 1.54) is 24.1 Å². The summed E-state index contributed by atoms with van der Waals surface area (Å²) < 4.78 is 1.13. The molecule has 1 aromatic carbocycles. The van der Waals surface area contributed by atoms with E-state index in [0.717, 1.165) is 16.9 Å². The summed E-state index contributed by atoms with van der Waals surface area (Å²) in [6.45, 7) is 6.40. The molecule has 2 nitrogen and oxygen atoms in total. The molecular weight excluding hydrogens is 276 g/mol. The summed E-state index contributed by atoms with van der Waals surface area (Å²) in [6, 6.07) is 7.03. The van der Waals surface area contributed by atoms with Gasteiger partial charge in [0.25, 0.3) is 0 Å². The lowest BCUT2D eigenvalue weighted by molar-refractivity contribution is 0.390. The Kier molecular flexibility index (Phi) is 4.10. The normalized spacial score (nSPS) is 25.1.